The van der Waals surface area contributed by atoms with Gasteiger partial charge in [-0.2, -0.15) is 0 Å². The third kappa shape index (κ3) is 3.69. The number of likely N-dealkylation sites (tertiary alicyclic amines) is 1. The van der Waals surface area contributed by atoms with Gasteiger partial charge in [0.15, 0.2) is 17.3 Å². The standard InChI is InChI=1S/C21H23NO3/c23-21(18-6-7-19-20(14-18)25-13-12-24-19)17-8-10-22(11-9-17)15-16-4-2-1-3-5-16/h1-7,14,17H,8-13,15H2. The Kier molecular flexibility index (Phi) is 4.70. The summed E-state index contributed by atoms with van der Waals surface area (Å²) in [7, 11) is 0. The van der Waals surface area contributed by atoms with Crippen molar-refractivity contribution in [3.8, 4) is 11.5 Å². The van der Waals surface area contributed by atoms with Gasteiger partial charge in [-0.25, -0.2) is 0 Å². The molecule has 4 heteroatoms. The number of piperidine rings is 1. The minimum absolute atomic E-state index is 0.106. The normalized spacial score (nSPS) is 18.1. The Morgan fingerprint density at radius 2 is 1.68 bits per heavy atom. The van der Waals surface area contributed by atoms with Crippen LogP contribution < -0.4 is 9.47 Å². The first-order valence-corrected chi connectivity index (χ1v) is 9.00. The van der Waals surface area contributed by atoms with Crippen LogP contribution in [-0.4, -0.2) is 37.0 Å². The summed E-state index contributed by atoms with van der Waals surface area (Å²) >= 11 is 0. The smallest absolute Gasteiger partial charge is 0.166 e. The van der Waals surface area contributed by atoms with Crippen molar-refractivity contribution in [3.63, 3.8) is 0 Å². The molecule has 0 spiro atoms. The molecule has 25 heavy (non-hydrogen) atoms. The molecule has 0 aromatic heterocycles. The molecule has 0 unspecified atom stereocenters. The van der Waals surface area contributed by atoms with Crippen molar-refractivity contribution in [3.05, 3.63) is 59.7 Å². The topological polar surface area (TPSA) is 38.8 Å². The predicted octanol–water partition coefficient (Wildman–Crippen LogP) is 3.55. The molecule has 2 heterocycles. The predicted molar refractivity (Wildman–Crippen MR) is 96.2 cm³/mol. The summed E-state index contributed by atoms with van der Waals surface area (Å²) in [4.78, 5) is 15.3. The lowest BCUT2D eigenvalue weighted by Crippen LogP contribution is -2.36. The van der Waals surface area contributed by atoms with Crippen LogP contribution in [-0.2, 0) is 6.54 Å². The van der Waals surface area contributed by atoms with Crippen LogP contribution in [0.25, 0.3) is 0 Å². The highest BCUT2D eigenvalue weighted by molar-refractivity contribution is 5.98. The van der Waals surface area contributed by atoms with E-state index in [4.69, 9.17) is 9.47 Å². The lowest BCUT2D eigenvalue weighted by molar-refractivity contribution is 0.0833. The van der Waals surface area contributed by atoms with Crippen molar-refractivity contribution in [1.82, 2.24) is 4.90 Å². The van der Waals surface area contributed by atoms with Crippen LogP contribution in [0.4, 0.5) is 0 Å². The number of nitrogens with zero attached hydrogens (tertiary/aromatic N) is 1. The Hall–Kier alpha value is -2.33. The van der Waals surface area contributed by atoms with Crippen LogP contribution in [0.15, 0.2) is 48.5 Å². The summed E-state index contributed by atoms with van der Waals surface area (Å²) in [5.74, 6) is 1.77. The van der Waals surface area contributed by atoms with E-state index in [9.17, 15) is 4.79 Å². The van der Waals surface area contributed by atoms with Gasteiger partial charge in [-0.15, -0.1) is 0 Å². The molecule has 0 amide bonds. The molecular weight excluding hydrogens is 314 g/mol. The second kappa shape index (κ2) is 7.28. The molecule has 4 rings (SSSR count). The minimum atomic E-state index is 0.106. The first-order valence-electron chi connectivity index (χ1n) is 9.00. The number of ether oxygens (including phenoxy) is 2. The van der Waals surface area contributed by atoms with Crippen LogP contribution in [0.1, 0.15) is 28.8 Å². The Labute approximate surface area is 148 Å². The highest BCUT2D eigenvalue weighted by Crippen LogP contribution is 2.32. The summed E-state index contributed by atoms with van der Waals surface area (Å²) in [6.07, 6.45) is 1.83. The molecule has 2 aromatic rings. The second-order valence-corrected chi connectivity index (χ2v) is 6.76. The van der Waals surface area contributed by atoms with Gasteiger partial charge in [0.25, 0.3) is 0 Å². The average molecular weight is 337 g/mol. The number of ketones is 1. The zero-order chi connectivity index (χ0) is 17.1. The minimum Gasteiger partial charge on any atom is -0.486 e. The number of hydrogen-bond donors (Lipinski definition) is 0. The molecule has 2 aliphatic heterocycles. The van der Waals surface area contributed by atoms with Crippen LogP contribution in [0.2, 0.25) is 0 Å². The number of fused-ring (bicyclic) bond motifs is 1. The summed E-state index contributed by atoms with van der Waals surface area (Å²) < 4.78 is 11.1. The fourth-order valence-electron chi connectivity index (χ4n) is 3.63. The number of hydrogen-bond acceptors (Lipinski definition) is 4. The van der Waals surface area contributed by atoms with E-state index < -0.39 is 0 Å². The molecule has 0 bridgehead atoms. The van der Waals surface area contributed by atoms with Gasteiger partial charge < -0.3 is 9.47 Å². The number of Topliss-reactive ketones (excluding diaryl/α,β-unsaturated/α-hetero) is 1. The van der Waals surface area contributed by atoms with Crippen molar-refractivity contribution < 1.29 is 14.3 Å². The number of rotatable bonds is 4. The Balaban J connectivity index is 1.36. The van der Waals surface area contributed by atoms with Crippen molar-refractivity contribution in [1.29, 1.82) is 0 Å². The Morgan fingerprint density at radius 1 is 0.960 bits per heavy atom. The van der Waals surface area contributed by atoms with Gasteiger partial charge in [0.1, 0.15) is 13.2 Å². The van der Waals surface area contributed by atoms with Crippen molar-refractivity contribution in [2.45, 2.75) is 19.4 Å². The first kappa shape index (κ1) is 16.2. The fourth-order valence-corrected chi connectivity index (χ4v) is 3.63. The quantitative estimate of drug-likeness (QED) is 0.800. The van der Waals surface area contributed by atoms with Crippen LogP contribution in [0.5, 0.6) is 11.5 Å². The van der Waals surface area contributed by atoms with E-state index in [-0.39, 0.29) is 11.7 Å². The number of carbonyl (C=O) groups excluding carboxylic acids is 1. The monoisotopic (exact) mass is 337 g/mol. The highest BCUT2D eigenvalue weighted by Gasteiger charge is 2.26. The summed E-state index contributed by atoms with van der Waals surface area (Å²) in [6, 6.07) is 16.1. The molecule has 0 atom stereocenters. The van der Waals surface area contributed by atoms with Gasteiger partial charge in [-0.1, -0.05) is 30.3 Å². The van der Waals surface area contributed by atoms with Crippen LogP contribution in [0.3, 0.4) is 0 Å². The molecule has 130 valence electrons. The first-order chi connectivity index (χ1) is 12.3. The maximum absolute atomic E-state index is 12.8. The largest absolute Gasteiger partial charge is 0.486 e. The van der Waals surface area contributed by atoms with E-state index in [1.54, 1.807) is 0 Å². The summed E-state index contributed by atoms with van der Waals surface area (Å²) in [5, 5.41) is 0. The molecular formula is C21H23NO3. The molecule has 1 fully saturated rings. The molecule has 2 aliphatic rings. The van der Waals surface area contributed by atoms with E-state index >= 15 is 0 Å². The SMILES string of the molecule is O=C(c1ccc2c(c1)OCCO2)C1CCN(Cc2ccccc2)CC1. The second-order valence-electron chi connectivity index (χ2n) is 6.76. The zero-order valence-corrected chi connectivity index (χ0v) is 14.3. The Bertz CT molecular complexity index is 736. The van der Waals surface area contributed by atoms with Gasteiger partial charge >= 0.3 is 0 Å². The van der Waals surface area contributed by atoms with Crippen LogP contribution >= 0.6 is 0 Å². The van der Waals surface area contributed by atoms with Gasteiger partial charge in [0, 0.05) is 18.0 Å². The highest BCUT2D eigenvalue weighted by atomic mass is 16.6. The molecule has 0 N–H and O–H groups in total. The maximum Gasteiger partial charge on any atom is 0.166 e. The third-order valence-electron chi connectivity index (χ3n) is 5.03. The third-order valence-corrected chi connectivity index (χ3v) is 5.03. The molecule has 0 aliphatic carbocycles. The van der Waals surface area contributed by atoms with Crippen LogP contribution in [0, 0.1) is 5.92 Å². The van der Waals surface area contributed by atoms with Gasteiger partial charge in [-0.3, -0.25) is 9.69 Å². The average Bonchev–Trinajstić information content (AvgIpc) is 2.68. The van der Waals surface area contributed by atoms with Crippen molar-refractivity contribution >= 4 is 5.78 Å². The maximum atomic E-state index is 12.8. The lowest BCUT2D eigenvalue weighted by atomic mass is 9.88. The van der Waals surface area contributed by atoms with E-state index in [1.807, 2.05) is 24.3 Å². The summed E-state index contributed by atoms with van der Waals surface area (Å²) in [5.41, 5.74) is 2.07. The number of carbonyl (C=O) groups is 1. The van der Waals surface area contributed by atoms with Gasteiger partial charge in [-0.05, 0) is 49.7 Å². The van der Waals surface area contributed by atoms with E-state index in [0.717, 1.165) is 43.8 Å². The van der Waals surface area contributed by atoms with Crippen molar-refractivity contribution in [2.75, 3.05) is 26.3 Å². The number of benzene rings is 2. The molecule has 4 nitrogen and oxygen atoms in total. The van der Waals surface area contributed by atoms with Gasteiger partial charge in [0.2, 0.25) is 0 Å². The Morgan fingerprint density at radius 3 is 2.44 bits per heavy atom. The molecule has 0 saturated carbocycles. The zero-order valence-electron chi connectivity index (χ0n) is 14.3. The molecule has 1 saturated heterocycles. The summed E-state index contributed by atoms with van der Waals surface area (Å²) in [6.45, 7) is 4.01. The van der Waals surface area contributed by atoms with E-state index in [2.05, 4.69) is 29.2 Å². The van der Waals surface area contributed by atoms with Crippen molar-refractivity contribution in [2.24, 2.45) is 5.92 Å². The lowest BCUT2D eigenvalue weighted by Gasteiger charge is -2.31. The van der Waals surface area contributed by atoms with Gasteiger partial charge in [0.05, 0.1) is 0 Å². The van der Waals surface area contributed by atoms with E-state index in [0.29, 0.717) is 19.0 Å². The molecule has 0 radical (unpaired) electrons. The fraction of sp³-hybridized carbons (Fsp3) is 0.381. The molecule has 2 aromatic carbocycles. The van der Waals surface area contributed by atoms with E-state index in [1.165, 1.54) is 5.56 Å².